The van der Waals surface area contributed by atoms with Crippen LogP contribution in [0.5, 0.6) is 0 Å². The molecule has 1 aliphatic rings. The van der Waals surface area contributed by atoms with Crippen LogP contribution in [0.3, 0.4) is 0 Å². The Kier molecular flexibility index (Phi) is 6.93. The number of hydrogen-bond acceptors (Lipinski definition) is 6. The first-order chi connectivity index (χ1) is 13.9. The molecule has 0 aliphatic carbocycles. The second kappa shape index (κ2) is 9.60. The van der Waals surface area contributed by atoms with Gasteiger partial charge in [-0.05, 0) is 71.2 Å². The Morgan fingerprint density at radius 2 is 1.97 bits per heavy atom. The van der Waals surface area contributed by atoms with Gasteiger partial charge < -0.3 is 16.0 Å². The van der Waals surface area contributed by atoms with Crippen LogP contribution in [0.2, 0.25) is 0 Å². The second-order valence-corrected chi connectivity index (χ2v) is 7.70. The first-order valence-corrected chi connectivity index (χ1v) is 10.1. The number of benzene rings is 1. The molecule has 0 unspecified atom stereocenters. The van der Waals surface area contributed by atoms with Crippen molar-refractivity contribution in [2.24, 2.45) is 10.9 Å². The topological polar surface area (TPSA) is 91.3 Å². The monoisotopic (exact) mass is 394 g/mol. The fourth-order valence-corrected chi connectivity index (χ4v) is 3.44. The zero-order valence-corrected chi connectivity index (χ0v) is 17.7. The van der Waals surface area contributed by atoms with Crippen molar-refractivity contribution in [1.29, 1.82) is 0 Å². The van der Waals surface area contributed by atoms with Gasteiger partial charge in [0.05, 0.1) is 5.69 Å². The number of anilines is 2. The number of nitrogens with one attached hydrogen (secondary N) is 3. The van der Waals surface area contributed by atoms with E-state index in [2.05, 4.69) is 43.9 Å². The molecular formula is C22H30N6O. The third kappa shape index (κ3) is 5.60. The summed E-state index contributed by atoms with van der Waals surface area (Å²) in [5.41, 5.74) is 4.98. The maximum absolute atomic E-state index is 12.5. The summed E-state index contributed by atoms with van der Waals surface area (Å²) in [5, 5.41) is 9.70. The Morgan fingerprint density at radius 1 is 1.21 bits per heavy atom. The molecule has 1 aromatic carbocycles. The van der Waals surface area contributed by atoms with Crippen molar-refractivity contribution in [3.8, 4) is 0 Å². The van der Waals surface area contributed by atoms with Gasteiger partial charge in [-0.3, -0.25) is 4.79 Å². The minimum atomic E-state index is -0.149. The van der Waals surface area contributed by atoms with Gasteiger partial charge in [0.25, 0.3) is 5.91 Å². The van der Waals surface area contributed by atoms with Crippen LogP contribution in [0.25, 0.3) is 0 Å². The molecule has 1 amide bonds. The molecule has 0 saturated carbocycles. The number of rotatable bonds is 6. The van der Waals surface area contributed by atoms with E-state index in [9.17, 15) is 4.79 Å². The summed E-state index contributed by atoms with van der Waals surface area (Å²) in [5.74, 6) is 0.968. The highest BCUT2D eigenvalue weighted by Gasteiger charge is 2.16. The highest BCUT2D eigenvalue weighted by Crippen LogP contribution is 2.29. The minimum absolute atomic E-state index is 0.149. The molecule has 154 valence electrons. The van der Waals surface area contributed by atoms with Gasteiger partial charge >= 0.3 is 0 Å². The van der Waals surface area contributed by atoms with Gasteiger partial charge in [0.1, 0.15) is 17.7 Å². The number of nitrogens with zero attached hydrogens (tertiary/aromatic N) is 3. The normalized spacial score (nSPS) is 15.2. The zero-order valence-electron chi connectivity index (χ0n) is 17.7. The molecule has 3 N–H and O–H groups in total. The van der Waals surface area contributed by atoms with Crippen LogP contribution >= 0.6 is 0 Å². The van der Waals surface area contributed by atoms with Gasteiger partial charge in [0, 0.05) is 12.2 Å². The number of piperidine rings is 1. The molecule has 2 aromatic rings. The van der Waals surface area contributed by atoms with Crippen LogP contribution in [-0.4, -0.2) is 41.2 Å². The van der Waals surface area contributed by atoms with E-state index in [1.807, 2.05) is 26.0 Å². The standard InChI is InChI=1S/C22H30N6O/c1-14-5-6-19(15(2)11-14)28-21-20(16(3)25-13-26-21)27-17(4)22(29)24-12-18-7-9-23-10-8-18/h5-6,11,13,18,23H,7-10,12H2,1-4H3,(H,24,29)(H,25,26,28). The summed E-state index contributed by atoms with van der Waals surface area (Å²) < 4.78 is 0. The minimum Gasteiger partial charge on any atom is -0.351 e. The van der Waals surface area contributed by atoms with E-state index in [0.29, 0.717) is 29.7 Å². The van der Waals surface area contributed by atoms with E-state index in [1.165, 1.54) is 11.9 Å². The van der Waals surface area contributed by atoms with Gasteiger partial charge in [-0.25, -0.2) is 15.0 Å². The van der Waals surface area contributed by atoms with Crippen LogP contribution in [0.1, 0.15) is 36.6 Å². The quantitative estimate of drug-likeness (QED) is 0.654. The SMILES string of the molecule is CC(=Nc1c(C)ncnc1Nc1ccc(C)cc1C)C(=O)NCC1CCNCC1. The van der Waals surface area contributed by atoms with Crippen LogP contribution in [0.15, 0.2) is 29.5 Å². The van der Waals surface area contributed by atoms with Crippen molar-refractivity contribution in [3.05, 3.63) is 41.3 Å². The lowest BCUT2D eigenvalue weighted by Crippen LogP contribution is -2.38. The first-order valence-electron chi connectivity index (χ1n) is 10.1. The summed E-state index contributed by atoms with van der Waals surface area (Å²) in [4.78, 5) is 25.7. The van der Waals surface area contributed by atoms with E-state index in [4.69, 9.17) is 0 Å². The van der Waals surface area contributed by atoms with Crippen molar-refractivity contribution < 1.29 is 4.79 Å². The molecule has 1 fully saturated rings. The molecule has 0 radical (unpaired) electrons. The van der Waals surface area contributed by atoms with E-state index >= 15 is 0 Å². The molecule has 0 bridgehead atoms. The number of aliphatic imine (C=N–C) groups is 1. The molecule has 1 saturated heterocycles. The summed E-state index contributed by atoms with van der Waals surface area (Å²) in [7, 11) is 0. The fraction of sp³-hybridized carbons (Fsp3) is 0.455. The van der Waals surface area contributed by atoms with E-state index in [0.717, 1.165) is 42.9 Å². The van der Waals surface area contributed by atoms with Gasteiger partial charge in [-0.15, -0.1) is 0 Å². The van der Waals surface area contributed by atoms with E-state index in [1.54, 1.807) is 6.92 Å². The largest absolute Gasteiger partial charge is 0.351 e. The molecule has 1 aromatic heterocycles. The predicted octanol–water partition coefficient (Wildman–Crippen LogP) is 3.35. The zero-order chi connectivity index (χ0) is 20.8. The van der Waals surface area contributed by atoms with Gasteiger partial charge in [-0.1, -0.05) is 17.7 Å². The number of aryl methyl sites for hydroxylation is 3. The lowest BCUT2D eigenvalue weighted by Gasteiger charge is -2.22. The van der Waals surface area contributed by atoms with E-state index < -0.39 is 0 Å². The molecule has 2 heterocycles. The molecule has 7 heteroatoms. The van der Waals surface area contributed by atoms with Crippen LogP contribution in [-0.2, 0) is 4.79 Å². The lowest BCUT2D eigenvalue weighted by atomic mass is 9.98. The molecule has 29 heavy (non-hydrogen) atoms. The summed E-state index contributed by atoms with van der Waals surface area (Å²) in [6.45, 7) is 10.4. The van der Waals surface area contributed by atoms with Crippen molar-refractivity contribution in [3.63, 3.8) is 0 Å². The fourth-order valence-electron chi connectivity index (χ4n) is 3.44. The van der Waals surface area contributed by atoms with Gasteiger partial charge in [-0.2, -0.15) is 0 Å². The summed E-state index contributed by atoms with van der Waals surface area (Å²) in [6, 6.07) is 6.18. The van der Waals surface area contributed by atoms with Crippen LogP contribution in [0.4, 0.5) is 17.2 Å². The second-order valence-electron chi connectivity index (χ2n) is 7.70. The summed E-state index contributed by atoms with van der Waals surface area (Å²) in [6.07, 6.45) is 3.69. The third-order valence-electron chi connectivity index (χ3n) is 5.26. The molecule has 3 rings (SSSR count). The van der Waals surface area contributed by atoms with Crippen molar-refractivity contribution in [2.75, 3.05) is 25.0 Å². The Labute approximate surface area is 172 Å². The maximum Gasteiger partial charge on any atom is 0.265 e. The van der Waals surface area contributed by atoms with Gasteiger partial charge in [0.2, 0.25) is 0 Å². The van der Waals surface area contributed by atoms with Crippen LogP contribution < -0.4 is 16.0 Å². The molecule has 0 spiro atoms. The highest BCUT2D eigenvalue weighted by atomic mass is 16.1. The highest BCUT2D eigenvalue weighted by molar-refractivity contribution is 6.38. The average molecular weight is 395 g/mol. The molecule has 1 aliphatic heterocycles. The summed E-state index contributed by atoms with van der Waals surface area (Å²) >= 11 is 0. The van der Waals surface area contributed by atoms with Gasteiger partial charge in [0.15, 0.2) is 5.82 Å². The number of carbonyl (C=O) groups excluding carboxylic acids is 1. The van der Waals surface area contributed by atoms with E-state index in [-0.39, 0.29) is 5.91 Å². The Balaban J connectivity index is 1.75. The third-order valence-corrected chi connectivity index (χ3v) is 5.26. The van der Waals surface area contributed by atoms with Crippen molar-refractivity contribution in [2.45, 2.75) is 40.5 Å². The van der Waals surface area contributed by atoms with Crippen molar-refractivity contribution >= 4 is 28.8 Å². The molecule has 0 atom stereocenters. The number of amides is 1. The van der Waals surface area contributed by atoms with Crippen molar-refractivity contribution in [1.82, 2.24) is 20.6 Å². The Morgan fingerprint density at radius 3 is 2.69 bits per heavy atom. The maximum atomic E-state index is 12.5. The predicted molar refractivity (Wildman–Crippen MR) is 117 cm³/mol. The average Bonchev–Trinajstić information content (AvgIpc) is 2.71. The number of hydrogen-bond donors (Lipinski definition) is 3. The number of carbonyl (C=O) groups is 1. The molecular weight excluding hydrogens is 364 g/mol. The Bertz CT molecular complexity index is 902. The molecule has 7 nitrogen and oxygen atoms in total. The lowest BCUT2D eigenvalue weighted by molar-refractivity contribution is -0.115. The number of aromatic nitrogens is 2. The Hall–Kier alpha value is -2.80. The smallest absolute Gasteiger partial charge is 0.265 e. The first kappa shape index (κ1) is 20.9. The van der Waals surface area contributed by atoms with Crippen LogP contribution in [0, 0.1) is 26.7 Å².